The normalized spacial score (nSPS) is 11.3. The number of aryl methyl sites for hydroxylation is 1. The van der Waals surface area contributed by atoms with Gasteiger partial charge in [-0.1, -0.05) is 37.3 Å². The van der Waals surface area contributed by atoms with Crippen molar-refractivity contribution >= 4 is 5.96 Å². The molecule has 0 unspecified atom stereocenters. The smallest absolute Gasteiger partial charge is 0.191 e. The fraction of sp³-hybridized carbons (Fsp3) is 0.381. The summed E-state index contributed by atoms with van der Waals surface area (Å²) in [5, 5.41) is 16.6. The summed E-state index contributed by atoms with van der Waals surface area (Å²) in [5.74, 6) is 1.69. The molecule has 0 amide bonds. The molecule has 2 aromatic carbocycles. The van der Waals surface area contributed by atoms with Crippen LogP contribution in [0.25, 0.3) is 0 Å². The van der Waals surface area contributed by atoms with E-state index in [0.717, 1.165) is 24.5 Å². The summed E-state index contributed by atoms with van der Waals surface area (Å²) in [4.78, 5) is 4.69. The Morgan fingerprint density at radius 3 is 2.46 bits per heavy atom. The average molecular weight is 355 g/mol. The lowest BCUT2D eigenvalue weighted by Gasteiger charge is -2.13. The van der Waals surface area contributed by atoms with Gasteiger partial charge in [-0.2, -0.15) is 0 Å². The topological polar surface area (TPSA) is 65.9 Å². The lowest BCUT2D eigenvalue weighted by Crippen LogP contribution is -2.38. The van der Waals surface area contributed by atoms with Gasteiger partial charge in [0.1, 0.15) is 11.5 Å². The minimum Gasteiger partial charge on any atom is -0.508 e. The van der Waals surface area contributed by atoms with Crippen LogP contribution in [-0.4, -0.2) is 31.3 Å². The highest BCUT2D eigenvalue weighted by molar-refractivity contribution is 5.79. The van der Waals surface area contributed by atoms with Crippen molar-refractivity contribution in [3.8, 4) is 11.5 Å². The van der Waals surface area contributed by atoms with Crippen LogP contribution in [0.2, 0.25) is 0 Å². The molecule has 2 rings (SSSR count). The Balaban J connectivity index is 1.95. The predicted molar refractivity (Wildman–Crippen MR) is 107 cm³/mol. The molecule has 0 aliphatic carbocycles. The molecule has 140 valence electrons. The minimum atomic E-state index is 0.255. The monoisotopic (exact) mass is 355 g/mol. The Morgan fingerprint density at radius 1 is 1.04 bits per heavy atom. The van der Waals surface area contributed by atoms with Gasteiger partial charge >= 0.3 is 0 Å². The summed E-state index contributed by atoms with van der Waals surface area (Å²) in [6.45, 7) is 6.34. The molecular weight excluding hydrogens is 326 g/mol. The van der Waals surface area contributed by atoms with Crippen LogP contribution >= 0.6 is 0 Å². The molecule has 0 saturated carbocycles. The van der Waals surface area contributed by atoms with Gasteiger partial charge in [-0.15, -0.1) is 0 Å². The Bertz CT molecular complexity index is 729. The molecule has 2 aromatic rings. The van der Waals surface area contributed by atoms with Crippen molar-refractivity contribution in [2.24, 2.45) is 4.99 Å². The van der Waals surface area contributed by atoms with E-state index >= 15 is 0 Å². The van der Waals surface area contributed by atoms with Gasteiger partial charge in [0.05, 0.1) is 13.7 Å². The van der Waals surface area contributed by atoms with Gasteiger partial charge in [-0.05, 0) is 42.5 Å². The zero-order chi connectivity index (χ0) is 18.8. The number of nitrogens with zero attached hydrogens (tertiary/aromatic N) is 1. The number of nitrogens with one attached hydrogen (secondary N) is 2. The van der Waals surface area contributed by atoms with Crippen LogP contribution < -0.4 is 15.4 Å². The van der Waals surface area contributed by atoms with Gasteiger partial charge in [0.2, 0.25) is 0 Å². The van der Waals surface area contributed by atoms with Crippen molar-refractivity contribution in [3.05, 3.63) is 59.2 Å². The van der Waals surface area contributed by atoms with Crippen LogP contribution in [0, 0.1) is 0 Å². The van der Waals surface area contributed by atoms with Gasteiger partial charge in [0.25, 0.3) is 0 Å². The molecule has 0 bridgehead atoms. The zero-order valence-corrected chi connectivity index (χ0v) is 15.9. The summed E-state index contributed by atoms with van der Waals surface area (Å²) in [6, 6.07) is 13.8. The van der Waals surface area contributed by atoms with Crippen LogP contribution in [0.15, 0.2) is 47.5 Å². The molecule has 0 aromatic heterocycles. The summed E-state index contributed by atoms with van der Waals surface area (Å²) in [7, 11) is 1.59. The number of hydrogen-bond acceptors (Lipinski definition) is 3. The maximum Gasteiger partial charge on any atom is 0.191 e. The van der Waals surface area contributed by atoms with Crippen molar-refractivity contribution in [3.63, 3.8) is 0 Å². The molecule has 0 fully saturated rings. The van der Waals surface area contributed by atoms with Crippen LogP contribution in [-0.2, 0) is 19.4 Å². The molecule has 0 atom stereocenters. The Hall–Kier alpha value is -2.69. The second-order valence-corrected chi connectivity index (χ2v) is 5.99. The van der Waals surface area contributed by atoms with Gasteiger partial charge in [-0.3, -0.25) is 0 Å². The third kappa shape index (κ3) is 5.69. The van der Waals surface area contributed by atoms with Crippen LogP contribution in [0.5, 0.6) is 11.5 Å². The zero-order valence-electron chi connectivity index (χ0n) is 15.9. The van der Waals surface area contributed by atoms with Gasteiger partial charge in [0, 0.05) is 19.2 Å². The number of guanidine groups is 1. The number of methoxy groups -OCH3 is 1. The fourth-order valence-corrected chi connectivity index (χ4v) is 2.76. The molecule has 0 spiro atoms. The van der Waals surface area contributed by atoms with E-state index in [1.54, 1.807) is 13.2 Å². The molecule has 0 radical (unpaired) electrons. The van der Waals surface area contributed by atoms with E-state index in [4.69, 9.17) is 4.74 Å². The fourth-order valence-electron chi connectivity index (χ4n) is 2.76. The second-order valence-electron chi connectivity index (χ2n) is 5.99. The lowest BCUT2D eigenvalue weighted by molar-refractivity contribution is 0.406. The van der Waals surface area contributed by atoms with E-state index in [1.807, 2.05) is 19.1 Å². The molecule has 0 saturated heterocycles. The lowest BCUT2D eigenvalue weighted by atomic mass is 10.1. The standard InChI is InChI=1S/C21H29N3O2/c1-4-16-8-6-7-9-18(16)15-24-21(22-5-2)23-13-12-17-10-11-19(26-3)14-20(17)25/h6-11,14,25H,4-5,12-13,15H2,1-3H3,(H2,22,23,24). The first-order valence-electron chi connectivity index (χ1n) is 9.12. The summed E-state index contributed by atoms with van der Waals surface area (Å²) >= 11 is 0. The maximum atomic E-state index is 10.0. The number of aromatic hydroxyl groups is 1. The molecule has 0 aliphatic rings. The van der Waals surface area contributed by atoms with Crippen molar-refractivity contribution in [2.75, 3.05) is 20.2 Å². The highest BCUT2D eigenvalue weighted by atomic mass is 16.5. The Labute approximate surface area is 156 Å². The number of ether oxygens (including phenoxy) is 1. The van der Waals surface area contributed by atoms with Gasteiger partial charge in [-0.25, -0.2) is 4.99 Å². The predicted octanol–water partition coefficient (Wildman–Crippen LogP) is 3.26. The van der Waals surface area contributed by atoms with Gasteiger partial charge < -0.3 is 20.5 Å². The average Bonchev–Trinajstić information content (AvgIpc) is 2.67. The highest BCUT2D eigenvalue weighted by Gasteiger charge is 2.05. The van der Waals surface area contributed by atoms with Crippen LogP contribution in [0.1, 0.15) is 30.5 Å². The van der Waals surface area contributed by atoms with E-state index in [0.29, 0.717) is 25.3 Å². The van der Waals surface area contributed by atoms with Crippen molar-refractivity contribution < 1.29 is 9.84 Å². The van der Waals surface area contributed by atoms with E-state index in [9.17, 15) is 5.11 Å². The molecule has 26 heavy (non-hydrogen) atoms. The van der Waals surface area contributed by atoms with E-state index in [1.165, 1.54) is 11.1 Å². The minimum absolute atomic E-state index is 0.255. The Kier molecular flexibility index (Phi) is 7.80. The molecule has 0 heterocycles. The largest absolute Gasteiger partial charge is 0.508 e. The van der Waals surface area contributed by atoms with Crippen molar-refractivity contribution in [2.45, 2.75) is 33.2 Å². The SMILES string of the molecule is CCNC(=NCc1ccccc1CC)NCCc1ccc(OC)cc1O. The first kappa shape index (κ1) is 19.6. The van der Waals surface area contributed by atoms with Crippen molar-refractivity contribution in [1.82, 2.24) is 10.6 Å². The van der Waals surface area contributed by atoms with Crippen LogP contribution in [0.3, 0.4) is 0 Å². The molecule has 5 nitrogen and oxygen atoms in total. The number of benzene rings is 2. The summed E-state index contributed by atoms with van der Waals surface area (Å²) in [5.41, 5.74) is 3.46. The number of phenols is 1. The van der Waals surface area contributed by atoms with E-state index < -0.39 is 0 Å². The number of phenolic OH excluding ortho intramolecular Hbond substituents is 1. The van der Waals surface area contributed by atoms with E-state index in [-0.39, 0.29) is 5.75 Å². The third-order valence-corrected chi connectivity index (χ3v) is 4.23. The highest BCUT2D eigenvalue weighted by Crippen LogP contribution is 2.23. The van der Waals surface area contributed by atoms with Crippen LogP contribution in [0.4, 0.5) is 0 Å². The summed E-state index contributed by atoms with van der Waals surface area (Å²) < 4.78 is 5.11. The quantitative estimate of drug-likeness (QED) is 0.502. The second kappa shape index (κ2) is 10.3. The van der Waals surface area contributed by atoms with E-state index in [2.05, 4.69) is 46.8 Å². The molecule has 5 heteroatoms. The number of aliphatic imine (C=N–C) groups is 1. The first-order chi connectivity index (χ1) is 12.7. The van der Waals surface area contributed by atoms with Gasteiger partial charge in [0.15, 0.2) is 5.96 Å². The maximum absolute atomic E-state index is 10.0. The number of hydrogen-bond donors (Lipinski definition) is 3. The van der Waals surface area contributed by atoms with Crippen molar-refractivity contribution in [1.29, 1.82) is 0 Å². The third-order valence-electron chi connectivity index (χ3n) is 4.23. The Morgan fingerprint density at radius 2 is 1.81 bits per heavy atom. The molecular formula is C21H29N3O2. The molecule has 3 N–H and O–H groups in total. The molecule has 0 aliphatic heterocycles. The number of rotatable bonds is 8. The summed E-state index contributed by atoms with van der Waals surface area (Å²) in [6.07, 6.45) is 1.71. The first-order valence-corrected chi connectivity index (χ1v) is 9.12.